The summed E-state index contributed by atoms with van der Waals surface area (Å²) in [6.45, 7) is 9.54. The summed E-state index contributed by atoms with van der Waals surface area (Å²) < 4.78 is 17.3. The van der Waals surface area contributed by atoms with E-state index in [9.17, 15) is 9.66 Å². The lowest BCUT2D eigenvalue weighted by molar-refractivity contribution is 0.276. The number of fused-ring (bicyclic) bond motifs is 1. The average Bonchev–Trinajstić information content (AvgIpc) is 3.26. The largest absolute Gasteiger partial charge is 0.598 e. The second-order valence-corrected chi connectivity index (χ2v) is 11.0. The fourth-order valence-electron chi connectivity index (χ4n) is 3.54. The topological polar surface area (TPSA) is 98.9 Å². The van der Waals surface area contributed by atoms with Crippen molar-refractivity contribution in [3.05, 3.63) is 84.8 Å². The number of hydrogen-bond donors (Lipinski definition) is 2. The Morgan fingerprint density at radius 1 is 1.15 bits per heavy atom. The van der Waals surface area contributed by atoms with Gasteiger partial charge in [-0.3, -0.25) is 4.98 Å². The molecule has 0 radical (unpaired) electrons. The summed E-state index contributed by atoms with van der Waals surface area (Å²) >= 11 is -1.23. The molecule has 0 spiro atoms. The molecule has 0 saturated carbocycles. The van der Waals surface area contributed by atoms with Crippen LogP contribution in [0, 0.1) is 0 Å². The van der Waals surface area contributed by atoms with Crippen LogP contribution >= 0.6 is 0 Å². The number of nitrogens with zero attached hydrogens (tertiary/aromatic N) is 4. The van der Waals surface area contributed by atoms with Gasteiger partial charge >= 0.3 is 0 Å². The SMILES string of the molecule is C=CC[C@H](N[S@@+]([O-])C(C)(C)C)c1cccc(-c2ccc3cnn(-c4cccc(CO)n4)c3c2)n1. The minimum Gasteiger partial charge on any atom is -0.598 e. The van der Waals surface area contributed by atoms with Crippen molar-refractivity contribution < 1.29 is 9.66 Å². The zero-order chi connectivity index (χ0) is 24.3. The third-order valence-corrected chi connectivity index (χ3v) is 6.98. The molecule has 0 unspecified atom stereocenters. The first-order valence-electron chi connectivity index (χ1n) is 11.1. The molecular formula is C26H29N5O2S. The van der Waals surface area contributed by atoms with Crippen LogP contribution < -0.4 is 4.72 Å². The van der Waals surface area contributed by atoms with E-state index in [1.165, 1.54) is 0 Å². The fraction of sp³-hybridized carbons (Fsp3) is 0.269. The van der Waals surface area contributed by atoms with Gasteiger partial charge in [-0.15, -0.1) is 11.3 Å². The monoisotopic (exact) mass is 475 g/mol. The molecule has 0 aliphatic carbocycles. The predicted octanol–water partition coefficient (Wildman–Crippen LogP) is 4.64. The maximum absolute atomic E-state index is 12.7. The lowest BCUT2D eigenvalue weighted by Gasteiger charge is -2.27. The molecule has 34 heavy (non-hydrogen) atoms. The number of pyridine rings is 2. The second-order valence-electron chi connectivity index (χ2n) is 9.00. The Bertz CT molecular complexity index is 1300. The lowest BCUT2D eigenvalue weighted by Crippen LogP contribution is -2.41. The van der Waals surface area contributed by atoms with Crippen molar-refractivity contribution in [2.24, 2.45) is 0 Å². The molecule has 2 atom stereocenters. The van der Waals surface area contributed by atoms with E-state index in [1.807, 2.05) is 75.4 Å². The molecule has 0 bridgehead atoms. The Morgan fingerprint density at radius 3 is 2.68 bits per heavy atom. The summed E-state index contributed by atoms with van der Waals surface area (Å²) in [7, 11) is 0. The van der Waals surface area contributed by atoms with Crippen molar-refractivity contribution in [3.8, 4) is 17.1 Å². The van der Waals surface area contributed by atoms with Crippen LogP contribution in [-0.4, -0.2) is 34.2 Å². The zero-order valence-corrected chi connectivity index (χ0v) is 20.4. The van der Waals surface area contributed by atoms with Gasteiger partial charge < -0.3 is 9.66 Å². The van der Waals surface area contributed by atoms with E-state index in [0.717, 1.165) is 27.9 Å². The molecule has 3 aromatic heterocycles. The fourth-order valence-corrected chi connectivity index (χ4v) is 4.37. The molecule has 8 heteroatoms. The standard InChI is InChI=1S/C26H29N5O2S/c1-5-8-23(30-34(33)26(2,3)4)22-11-7-10-21(29-22)18-13-14-19-16-27-31(24(19)15-18)25-12-6-9-20(17-32)28-25/h5-7,9-16,23,30,32H,1,8,17H2,2-4H3/t23-,34-/m0/s1. The van der Waals surface area contributed by atoms with Crippen molar-refractivity contribution in [3.63, 3.8) is 0 Å². The number of aliphatic hydroxyl groups is 1. The zero-order valence-electron chi connectivity index (χ0n) is 19.6. The third-order valence-electron chi connectivity index (χ3n) is 5.37. The second kappa shape index (κ2) is 10.1. The van der Waals surface area contributed by atoms with Gasteiger partial charge in [0, 0.05) is 22.3 Å². The van der Waals surface area contributed by atoms with Gasteiger partial charge in [0.05, 0.1) is 41.4 Å². The van der Waals surface area contributed by atoms with Gasteiger partial charge in [0.1, 0.15) is 4.75 Å². The molecule has 7 nitrogen and oxygen atoms in total. The quantitative estimate of drug-likeness (QED) is 0.284. The van der Waals surface area contributed by atoms with E-state index in [4.69, 9.17) is 4.98 Å². The Kier molecular flexibility index (Phi) is 7.13. The van der Waals surface area contributed by atoms with Gasteiger partial charge in [-0.05, 0) is 57.5 Å². The molecule has 0 fully saturated rings. The number of benzene rings is 1. The van der Waals surface area contributed by atoms with E-state index in [2.05, 4.69) is 21.4 Å². The molecule has 0 aliphatic rings. The summed E-state index contributed by atoms with van der Waals surface area (Å²) in [6.07, 6.45) is 4.21. The van der Waals surface area contributed by atoms with E-state index in [-0.39, 0.29) is 17.4 Å². The van der Waals surface area contributed by atoms with Crippen LogP contribution in [0.25, 0.3) is 28.0 Å². The van der Waals surface area contributed by atoms with Gasteiger partial charge in [-0.1, -0.05) is 30.3 Å². The van der Waals surface area contributed by atoms with Crippen LogP contribution in [0.5, 0.6) is 0 Å². The van der Waals surface area contributed by atoms with Crippen LogP contribution in [0.2, 0.25) is 0 Å². The Morgan fingerprint density at radius 2 is 1.94 bits per heavy atom. The lowest BCUT2D eigenvalue weighted by atomic mass is 10.1. The van der Waals surface area contributed by atoms with Crippen molar-refractivity contribution in [2.45, 2.75) is 44.6 Å². The van der Waals surface area contributed by atoms with Crippen LogP contribution in [0.15, 0.2) is 73.4 Å². The highest BCUT2D eigenvalue weighted by atomic mass is 32.2. The van der Waals surface area contributed by atoms with Crippen LogP contribution in [0.3, 0.4) is 0 Å². The maximum atomic E-state index is 12.7. The highest BCUT2D eigenvalue weighted by molar-refractivity contribution is 7.90. The molecule has 2 N–H and O–H groups in total. The number of hydrogen-bond acceptors (Lipinski definition) is 6. The molecule has 0 aliphatic heterocycles. The minimum absolute atomic E-state index is 0.130. The molecule has 1 aromatic carbocycles. The van der Waals surface area contributed by atoms with E-state index < -0.39 is 11.4 Å². The maximum Gasteiger partial charge on any atom is 0.154 e. The number of aliphatic hydroxyl groups excluding tert-OH is 1. The molecule has 4 aromatic rings. The number of nitrogens with one attached hydrogen (secondary N) is 1. The van der Waals surface area contributed by atoms with Crippen molar-refractivity contribution >= 4 is 22.3 Å². The van der Waals surface area contributed by atoms with Crippen molar-refractivity contribution in [1.82, 2.24) is 24.5 Å². The van der Waals surface area contributed by atoms with Crippen molar-refractivity contribution in [2.75, 3.05) is 0 Å². The van der Waals surface area contributed by atoms with E-state index in [0.29, 0.717) is 17.9 Å². The summed E-state index contributed by atoms with van der Waals surface area (Å²) in [6, 6.07) is 17.2. The number of rotatable bonds is 8. The van der Waals surface area contributed by atoms with Crippen LogP contribution in [0.4, 0.5) is 0 Å². The Labute approximate surface area is 202 Å². The summed E-state index contributed by atoms with van der Waals surface area (Å²) in [4.78, 5) is 9.37. The Hall–Kier alpha value is -3.04. The summed E-state index contributed by atoms with van der Waals surface area (Å²) in [5.41, 5.74) is 4.02. The van der Waals surface area contributed by atoms with Gasteiger partial charge in [0.15, 0.2) is 5.82 Å². The highest BCUT2D eigenvalue weighted by Crippen LogP contribution is 2.27. The van der Waals surface area contributed by atoms with Gasteiger partial charge in [0.2, 0.25) is 0 Å². The van der Waals surface area contributed by atoms with Crippen LogP contribution in [-0.2, 0) is 18.0 Å². The van der Waals surface area contributed by atoms with Gasteiger partial charge in [-0.25, -0.2) is 9.67 Å². The normalized spacial score (nSPS) is 13.7. The molecule has 176 valence electrons. The minimum atomic E-state index is -1.23. The molecule has 0 amide bonds. The Balaban J connectivity index is 1.70. The first-order chi connectivity index (χ1) is 16.3. The van der Waals surface area contributed by atoms with E-state index in [1.54, 1.807) is 16.9 Å². The predicted molar refractivity (Wildman–Crippen MR) is 137 cm³/mol. The highest BCUT2D eigenvalue weighted by Gasteiger charge is 2.30. The summed E-state index contributed by atoms with van der Waals surface area (Å²) in [5, 5.41) is 14.9. The molecule has 4 rings (SSSR count). The molecule has 0 saturated heterocycles. The molecule has 3 heterocycles. The smallest absolute Gasteiger partial charge is 0.154 e. The first kappa shape index (κ1) is 24.1. The van der Waals surface area contributed by atoms with Crippen molar-refractivity contribution in [1.29, 1.82) is 0 Å². The third kappa shape index (κ3) is 5.20. The summed E-state index contributed by atoms with van der Waals surface area (Å²) in [5.74, 6) is 0.639. The van der Waals surface area contributed by atoms with E-state index >= 15 is 0 Å². The first-order valence-corrected chi connectivity index (χ1v) is 12.3. The van der Waals surface area contributed by atoms with Gasteiger partial charge in [-0.2, -0.15) is 5.10 Å². The van der Waals surface area contributed by atoms with Gasteiger partial charge in [0.25, 0.3) is 0 Å². The number of aromatic nitrogens is 4. The molecular weight excluding hydrogens is 446 g/mol. The average molecular weight is 476 g/mol. The van der Waals surface area contributed by atoms with Crippen LogP contribution in [0.1, 0.15) is 44.6 Å².